The Labute approximate surface area is 124 Å². The second-order valence-electron chi connectivity index (χ2n) is 4.80. The summed E-state index contributed by atoms with van der Waals surface area (Å²) in [4.78, 5) is 6.73. The van der Waals surface area contributed by atoms with Gasteiger partial charge >= 0.3 is 0 Å². The summed E-state index contributed by atoms with van der Waals surface area (Å²) in [5.41, 5.74) is 8.22. The number of nitrogens with two attached hydrogens (primary N) is 1. The first kappa shape index (κ1) is 15.0. The molecule has 2 N–H and O–H groups in total. The zero-order valence-corrected chi connectivity index (χ0v) is 13.0. The van der Waals surface area contributed by atoms with Gasteiger partial charge < -0.3 is 10.5 Å². The van der Waals surface area contributed by atoms with Gasteiger partial charge in [-0.25, -0.2) is 4.98 Å². The fourth-order valence-electron chi connectivity index (χ4n) is 2.27. The van der Waals surface area contributed by atoms with Gasteiger partial charge in [0.15, 0.2) is 0 Å². The molecule has 2 rings (SSSR count). The lowest BCUT2D eigenvalue weighted by Gasteiger charge is -2.27. The monoisotopic (exact) mass is 291 g/mol. The lowest BCUT2D eigenvalue weighted by atomic mass is 10.1. The minimum Gasteiger partial charge on any atom is -0.497 e. The summed E-state index contributed by atoms with van der Waals surface area (Å²) >= 11 is 1.68. The molecule has 0 saturated heterocycles. The highest BCUT2D eigenvalue weighted by Crippen LogP contribution is 2.24. The first-order valence-corrected chi connectivity index (χ1v) is 7.47. The summed E-state index contributed by atoms with van der Waals surface area (Å²) in [6, 6.07) is 8.23. The zero-order valence-electron chi connectivity index (χ0n) is 12.2. The van der Waals surface area contributed by atoms with Crippen LogP contribution in [0.4, 0.5) is 0 Å². The van der Waals surface area contributed by atoms with E-state index in [0.29, 0.717) is 6.54 Å². The Bertz CT molecular complexity index is 556. The predicted octanol–water partition coefficient (Wildman–Crippen LogP) is 2.59. The molecule has 0 radical (unpaired) electrons. The molecule has 0 aliphatic rings. The molecular weight excluding hydrogens is 270 g/mol. The fraction of sp³-hybridized carbons (Fsp3) is 0.400. The van der Waals surface area contributed by atoms with Crippen molar-refractivity contribution in [1.29, 1.82) is 0 Å². The highest BCUT2D eigenvalue weighted by Gasteiger charge is 2.17. The number of thiazole rings is 1. The molecule has 0 bridgehead atoms. The van der Waals surface area contributed by atoms with E-state index in [2.05, 4.69) is 28.4 Å². The number of rotatable bonds is 6. The maximum Gasteiger partial charge on any atom is 0.119 e. The van der Waals surface area contributed by atoms with Gasteiger partial charge in [-0.2, -0.15) is 0 Å². The van der Waals surface area contributed by atoms with E-state index >= 15 is 0 Å². The Morgan fingerprint density at radius 3 is 2.85 bits per heavy atom. The van der Waals surface area contributed by atoms with Crippen molar-refractivity contribution in [2.24, 2.45) is 5.73 Å². The van der Waals surface area contributed by atoms with Crippen molar-refractivity contribution in [3.8, 4) is 5.75 Å². The summed E-state index contributed by atoms with van der Waals surface area (Å²) in [5.74, 6) is 0.860. The van der Waals surface area contributed by atoms with E-state index in [9.17, 15) is 0 Å². The standard InChI is InChI=1S/C15H21N3OS/c1-11-17-13(10-20-11)9-18(2)15(8-16)12-5-4-6-14(7-12)19-3/h4-7,10,15H,8-9,16H2,1-3H3. The summed E-state index contributed by atoms with van der Waals surface area (Å²) in [6.07, 6.45) is 0. The lowest BCUT2D eigenvalue weighted by Crippen LogP contribution is -2.30. The van der Waals surface area contributed by atoms with Crippen LogP contribution in [0.25, 0.3) is 0 Å². The van der Waals surface area contributed by atoms with Crippen molar-refractivity contribution < 1.29 is 4.74 Å². The molecule has 1 atom stereocenters. The molecule has 20 heavy (non-hydrogen) atoms. The SMILES string of the molecule is COc1cccc(C(CN)N(C)Cc2csc(C)n2)c1. The number of likely N-dealkylation sites (N-methyl/N-ethyl adjacent to an activating group) is 1. The summed E-state index contributed by atoms with van der Waals surface area (Å²) < 4.78 is 5.28. The number of aromatic nitrogens is 1. The Morgan fingerprint density at radius 1 is 1.45 bits per heavy atom. The first-order chi connectivity index (χ1) is 9.63. The van der Waals surface area contributed by atoms with Crippen molar-refractivity contribution in [2.45, 2.75) is 19.5 Å². The maximum atomic E-state index is 5.96. The van der Waals surface area contributed by atoms with Crippen LogP contribution >= 0.6 is 11.3 Å². The molecule has 2 aromatic rings. The quantitative estimate of drug-likeness (QED) is 0.889. The normalized spacial score (nSPS) is 12.7. The third kappa shape index (κ3) is 3.56. The van der Waals surface area contributed by atoms with Crippen LogP contribution in [0.5, 0.6) is 5.75 Å². The van der Waals surface area contributed by atoms with Gasteiger partial charge in [-0.15, -0.1) is 11.3 Å². The van der Waals surface area contributed by atoms with Gasteiger partial charge in [0.05, 0.1) is 17.8 Å². The Kier molecular flexibility index (Phi) is 5.11. The van der Waals surface area contributed by atoms with Gasteiger partial charge in [0.1, 0.15) is 5.75 Å². The molecule has 0 saturated carbocycles. The number of hydrogen-bond acceptors (Lipinski definition) is 5. The largest absolute Gasteiger partial charge is 0.497 e. The average Bonchev–Trinajstić information content (AvgIpc) is 2.85. The van der Waals surface area contributed by atoms with Crippen LogP contribution in [0, 0.1) is 6.92 Å². The molecular formula is C15H21N3OS. The number of hydrogen-bond donors (Lipinski definition) is 1. The van der Waals surface area contributed by atoms with Gasteiger partial charge in [-0.05, 0) is 31.7 Å². The third-order valence-electron chi connectivity index (χ3n) is 3.31. The van der Waals surface area contributed by atoms with Gasteiger partial charge in [-0.1, -0.05) is 12.1 Å². The zero-order chi connectivity index (χ0) is 14.5. The second-order valence-corrected chi connectivity index (χ2v) is 5.86. The topological polar surface area (TPSA) is 51.4 Å². The average molecular weight is 291 g/mol. The molecule has 4 nitrogen and oxygen atoms in total. The van der Waals surface area contributed by atoms with Crippen LogP contribution < -0.4 is 10.5 Å². The van der Waals surface area contributed by atoms with Crippen molar-refractivity contribution >= 4 is 11.3 Å². The molecule has 1 heterocycles. The highest BCUT2D eigenvalue weighted by molar-refractivity contribution is 7.09. The number of nitrogens with zero attached hydrogens (tertiary/aromatic N) is 2. The van der Waals surface area contributed by atoms with E-state index in [1.807, 2.05) is 25.1 Å². The molecule has 0 spiro atoms. The molecule has 108 valence electrons. The fourth-order valence-corrected chi connectivity index (χ4v) is 2.87. The van der Waals surface area contributed by atoms with Gasteiger partial charge in [0.25, 0.3) is 0 Å². The molecule has 0 aliphatic heterocycles. The van der Waals surface area contributed by atoms with Crippen LogP contribution in [0.3, 0.4) is 0 Å². The van der Waals surface area contributed by atoms with Crippen molar-refractivity contribution in [2.75, 3.05) is 20.7 Å². The highest BCUT2D eigenvalue weighted by atomic mass is 32.1. The Hall–Kier alpha value is -1.43. The molecule has 1 aromatic carbocycles. The minimum atomic E-state index is 0.159. The third-order valence-corrected chi connectivity index (χ3v) is 4.13. The molecule has 1 aromatic heterocycles. The van der Waals surface area contributed by atoms with E-state index < -0.39 is 0 Å². The van der Waals surface area contributed by atoms with Crippen LogP contribution in [0.2, 0.25) is 0 Å². The van der Waals surface area contributed by atoms with Gasteiger partial charge in [0.2, 0.25) is 0 Å². The summed E-state index contributed by atoms with van der Waals surface area (Å²) in [6.45, 7) is 3.38. The number of aryl methyl sites for hydroxylation is 1. The van der Waals surface area contributed by atoms with Crippen LogP contribution in [-0.4, -0.2) is 30.6 Å². The lowest BCUT2D eigenvalue weighted by molar-refractivity contribution is 0.239. The van der Waals surface area contributed by atoms with Crippen molar-refractivity contribution in [3.63, 3.8) is 0 Å². The first-order valence-electron chi connectivity index (χ1n) is 6.59. The van der Waals surface area contributed by atoms with E-state index in [1.54, 1.807) is 18.4 Å². The molecule has 1 unspecified atom stereocenters. The van der Waals surface area contributed by atoms with Gasteiger partial charge in [0, 0.05) is 24.5 Å². The molecule has 0 aliphatic carbocycles. The van der Waals surface area contributed by atoms with Crippen LogP contribution in [-0.2, 0) is 6.54 Å². The van der Waals surface area contributed by atoms with Crippen molar-refractivity contribution in [1.82, 2.24) is 9.88 Å². The number of benzene rings is 1. The van der Waals surface area contributed by atoms with Crippen molar-refractivity contribution in [3.05, 3.63) is 45.9 Å². The van der Waals surface area contributed by atoms with E-state index in [1.165, 1.54) is 5.56 Å². The number of ether oxygens (including phenoxy) is 1. The van der Waals surface area contributed by atoms with Gasteiger partial charge in [-0.3, -0.25) is 4.90 Å². The van der Waals surface area contributed by atoms with E-state index in [-0.39, 0.29) is 6.04 Å². The summed E-state index contributed by atoms with van der Waals surface area (Å²) in [5, 5.41) is 3.20. The smallest absolute Gasteiger partial charge is 0.119 e. The predicted molar refractivity (Wildman–Crippen MR) is 83.1 cm³/mol. The van der Waals surface area contributed by atoms with E-state index in [0.717, 1.165) is 23.0 Å². The number of methoxy groups -OCH3 is 1. The second kappa shape index (κ2) is 6.83. The van der Waals surface area contributed by atoms with E-state index in [4.69, 9.17) is 10.5 Å². The minimum absolute atomic E-state index is 0.159. The van der Waals surface area contributed by atoms with Crippen LogP contribution in [0.1, 0.15) is 22.3 Å². The maximum absolute atomic E-state index is 5.96. The Morgan fingerprint density at radius 2 is 2.25 bits per heavy atom. The molecule has 0 fully saturated rings. The van der Waals surface area contributed by atoms with Crippen LogP contribution in [0.15, 0.2) is 29.6 Å². The summed E-state index contributed by atoms with van der Waals surface area (Å²) in [7, 11) is 3.75. The Balaban J connectivity index is 2.13. The molecule has 5 heteroatoms. The molecule has 0 amide bonds.